The highest BCUT2D eigenvalue weighted by Gasteiger charge is 2.27. The summed E-state index contributed by atoms with van der Waals surface area (Å²) < 4.78 is 5.50. The van der Waals surface area contributed by atoms with Gasteiger partial charge in [0.1, 0.15) is 5.75 Å². The van der Waals surface area contributed by atoms with Crippen LogP contribution in [0.2, 0.25) is 5.02 Å². The largest absolute Gasteiger partial charge is 0.494 e. The average Bonchev–Trinajstić information content (AvgIpc) is 2.90. The fourth-order valence-corrected chi connectivity index (χ4v) is 3.71. The van der Waals surface area contributed by atoms with E-state index in [-0.39, 0.29) is 11.4 Å². The zero-order valence-corrected chi connectivity index (χ0v) is 15.6. The molecule has 1 amide bonds. The molecule has 1 heterocycles. The minimum Gasteiger partial charge on any atom is -0.494 e. The maximum absolute atomic E-state index is 12.2. The van der Waals surface area contributed by atoms with Crippen LogP contribution in [0.4, 0.5) is 5.69 Å². The molecule has 0 spiro atoms. The van der Waals surface area contributed by atoms with Crippen LogP contribution in [-0.4, -0.2) is 18.0 Å². The molecule has 1 atom stereocenters. The first-order valence-corrected chi connectivity index (χ1v) is 9.25. The summed E-state index contributed by atoms with van der Waals surface area (Å²) in [7, 11) is 0. The van der Waals surface area contributed by atoms with Crippen molar-refractivity contribution in [1.82, 2.24) is 5.32 Å². The number of anilines is 1. The van der Waals surface area contributed by atoms with Gasteiger partial charge < -0.3 is 15.4 Å². The van der Waals surface area contributed by atoms with Crippen molar-refractivity contribution in [2.24, 2.45) is 0 Å². The Morgan fingerprint density at radius 2 is 2.16 bits per heavy atom. The maximum Gasteiger partial charge on any atom is 0.260 e. The summed E-state index contributed by atoms with van der Waals surface area (Å²) in [5, 5.41) is 6.95. The SMILES string of the molecule is CCOc1cccc(/C=C2\SC(Nc3ccc(Cl)cc3C)NC2=O)c1. The second-order valence-electron chi connectivity index (χ2n) is 5.59. The third-order valence-corrected chi connectivity index (χ3v) is 4.94. The van der Waals surface area contributed by atoms with Crippen LogP contribution in [0.3, 0.4) is 0 Å². The van der Waals surface area contributed by atoms with Gasteiger partial charge in [0.2, 0.25) is 0 Å². The van der Waals surface area contributed by atoms with E-state index in [0.29, 0.717) is 16.5 Å². The van der Waals surface area contributed by atoms with E-state index in [1.807, 2.05) is 62.4 Å². The lowest BCUT2D eigenvalue weighted by molar-refractivity contribution is -0.116. The number of aryl methyl sites for hydroxylation is 1. The van der Waals surface area contributed by atoms with E-state index in [9.17, 15) is 4.79 Å². The van der Waals surface area contributed by atoms with Gasteiger partial charge in [-0.05, 0) is 61.4 Å². The second kappa shape index (κ2) is 7.85. The zero-order valence-electron chi connectivity index (χ0n) is 14.0. The van der Waals surface area contributed by atoms with Crippen LogP contribution < -0.4 is 15.4 Å². The molecule has 2 N–H and O–H groups in total. The van der Waals surface area contributed by atoms with Gasteiger partial charge in [-0.3, -0.25) is 4.79 Å². The maximum atomic E-state index is 12.2. The van der Waals surface area contributed by atoms with Gasteiger partial charge in [-0.1, -0.05) is 35.5 Å². The molecule has 2 aromatic carbocycles. The molecule has 1 aliphatic heterocycles. The fourth-order valence-electron chi connectivity index (χ4n) is 2.51. The number of ether oxygens (including phenoxy) is 1. The summed E-state index contributed by atoms with van der Waals surface area (Å²) in [5.41, 5.74) is 2.70. The first-order chi connectivity index (χ1) is 12.0. The smallest absolute Gasteiger partial charge is 0.260 e. The summed E-state index contributed by atoms with van der Waals surface area (Å²) in [6.07, 6.45) is 1.87. The van der Waals surface area contributed by atoms with Gasteiger partial charge in [0.15, 0.2) is 5.50 Å². The number of rotatable bonds is 5. The number of benzene rings is 2. The Bertz CT molecular complexity index is 823. The van der Waals surface area contributed by atoms with E-state index >= 15 is 0 Å². The number of halogens is 1. The quantitative estimate of drug-likeness (QED) is 0.748. The molecule has 0 radical (unpaired) electrons. The molecule has 0 aliphatic carbocycles. The van der Waals surface area contributed by atoms with Crippen LogP contribution in [-0.2, 0) is 4.79 Å². The number of nitrogens with one attached hydrogen (secondary N) is 2. The second-order valence-corrected chi connectivity index (χ2v) is 7.17. The molecule has 1 aliphatic rings. The van der Waals surface area contributed by atoms with Crippen molar-refractivity contribution in [1.29, 1.82) is 0 Å². The van der Waals surface area contributed by atoms with Gasteiger partial charge >= 0.3 is 0 Å². The van der Waals surface area contributed by atoms with Crippen molar-refractivity contribution < 1.29 is 9.53 Å². The molecule has 1 fully saturated rings. The third kappa shape index (κ3) is 4.50. The number of amides is 1. The molecule has 0 saturated carbocycles. The Kier molecular flexibility index (Phi) is 5.56. The Morgan fingerprint density at radius 1 is 1.32 bits per heavy atom. The molecular formula is C19H19ClN2O2S. The van der Waals surface area contributed by atoms with Crippen molar-refractivity contribution in [2.45, 2.75) is 19.3 Å². The molecule has 4 nitrogen and oxygen atoms in total. The Hall–Kier alpha value is -2.11. The summed E-state index contributed by atoms with van der Waals surface area (Å²) in [5.74, 6) is 0.711. The lowest BCUT2D eigenvalue weighted by Crippen LogP contribution is -2.31. The van der Waals surface area contributed by atoms with Gasteiger partial charge in [-0.15, -0.1) is 0 Å². The third-order valence-electron chi connectivity index (χ3n) is 3.67. The molecular weight excluding hydrogens is 356 g/mol. The van der Waals surface area contributed by atoms with Crippen molar-refractivity contribution in [3.05, 3.63) is 63.5 Å². The molecule has 1 unspecified atom stereocenters. The fraction of sp³-hybridized carbons (Fsp3) is 0.211. The van der Waals surface area contributed by atoms with Crippen LogP contribution in [0.5, 0.6) is 5.75 Å². The van der Waals surface area contributed by atoms with Crippen LogP contribution in [0.1, 0.15) is 18.1 Å². The summed E-state index contributed by atoms with van der Waals surface area (Å²) in [6.45, 7) is 4.54. The van der Waals surface area contributed by atoms with Gasteiger partial charge in [0, 0.05) is 10.7 Å². The number of hydrogen-bond donors (Lipinski definition) is 2. The van der Waals surface area contributed by atoms with Gasteiger partial charge in [-0.2, -0.15) is 0 Å². The van der Waals surface area contributed by atoms with Crippen molar-refractivity contribution >= 4 is 41.0 Å². The number of hydrogen-bond acceptors (Lipinski definition) is 4. The molecule has 0 aromatic heterocycles. The lowest BCUT2D eigenvalue weighted by Gasteiger charge is -2.15. The number of carbonyl (C=O) groups is 1. The highest BCUT2D eigenvalue weighted by atomic mass is 35.5. The highest BCUT2D eigenvalue weighted by Crippen LogP contribution is 2.31. The van der Waals surface area contributed by atoms with E-state index in [4.69, 9.17) is 16.3 Å². The zero-order chi connectivity index (χ0) is 17.8. The lowest BCUT2D eigenvalue weighted by atomic mass is 10.2. The Labute approximate surface area is 156 Å². The van der Waals surface area contributed by atoms with Crippen molar-refractivity contribution in [3.63, 3.8) is 0 Å². The van der Waals surface area contributed by atoms with Crippen LogP contribution in [0.15, 0.2) is 47.4 Å². The molecule has 6 heteroatoms. The Morgan fingerprint density at radius 3 is 2.92 bits per heavy atom. The van der Waals surface area contributed by atoms with Crippen LogP contribution >= 0.6 is 23.4 Å². The van der Waals surface area contributed by atoms with E-state index in [1.165, 1.54) is 11.8 Å². The minimum absolute atomic E-state index is 0.0871. The van der Waals surface area contributed by atoms with E-state index < -0.39 is 0 Å². The number of thioether (sulfide) groups is 1. The van der Waals surface area contributed by atoms with Crippen LogP contribution in [0, 0.1) is 6.92 Å². The molecule has 130 valence electrons. The monoisotopic (exact) mass is 374 g/mol. The molecule has 3 rings (SSSR count). The Balaban J connectivity index is 1.72. The van der Waals surface area contributed by atoms with E-state index in [2.05, 4.69) is 10.6 Å². The average molecular weight is 375 g/mol. The molecule has 2 aromatic rings. The summed E-state index contributed by atoms with van der Waals surface area (Å²) >= 11 is 7.44. The normalized spacial score (nSPS) is 18.3. The highest BCUT2D eigenvalue weighted by molar-refractivity contribution is 8.05. The minimum atomic E-state index is -0.214. The number of carbonyl (C=O) groups excluding carboxylic acids is 1. The predicted molar refractivity (Wildman–Crippen MR) is 105 cm³/mol. The summed E-state index contributed by atoms with van der Waals surface area (Å²) in [4.78, 5) is 12.9. The van der Waals surface area contributed by atoms with Gasteiger partial charge in [0.05, 0.1) is 11.5 Å². The summed E-state index contributed by atoms with van der Waals surface area (Å²) in [6, 6.07) is 13.3. The standard InChI is InChI=1S/C19H19ClN2O2S/c1-3-24-15-6-4-5-13(10-15)11-17-18(23)22-19(25-17)21-16-8-7-14(20)9-12(16)2/h4-11,19,21H,3H2,1-2H3,(H,22,23)/b17-11-. The first-order valence-electron chi connectivity index (χ1n) is 8.00. The first kappa shape index (κ1) is 17.7. The van der Waals surface area contributed by atoms with Gasteiger partial charge in [0.25, 0.3) is 5.91 Å². The van der Waals surface area contributed by atoms with Crippen molar-refractivity contribution in [2.75, 3.05) is 11.9 Å². The molecule has 25 heavy (non-hydrogen) atoms. The predicted octanol–water partition coefficient (Wildman–Crippen LogP) is 4.65. The van der Waals surface area contributed by atoms with Crippen LogP contribution in [0.25, 0.3) is 6.08 Å². The van der Waals surface area contributed by atoms with E-state index in [0.717, 1.165) is 22.6 Å². The van der Waals surface area contributed by atoms with Gasteiger partial charge in [-0.25, -0.2) is 0 Å². The topological polar surface area (TPSA) is 50.4 Å². The van der Waals surface area contributed by atoms with E-state index in [1.54, 1.807) is 0 Å². The van der Waals surface area contributed by atoms with Crippen molar-refractivity contribution in [3.8, 4) is 5.75 Å². The molecule has 1 saturated heterocycles. The molecule has 0 bridgehead atoms.